The number of nitrogens with zero attached hydrogens (tertiary/aromatic N) is 3. The zero-order valence-corrected chi connectivity index (χ0v) is 17.2. The lowest BCUT2D eigenvalue weighted by Crippen LogP contribution is -2.57. The summed E-state index contributed by atoms with van der Waals surface area (Å²) in [6.07, 6.45) is -1.72. The van der Waals surface area contributed by atoms with E-state index >= 15 is 0 Å². The monoisotopic (exact) mass is 452 g/mol. The number of piperidine rings is 3. The number of hydrogen-bond acceptors (Lipinski definition) is 6. The van der Waals surface area contributed by atoms with Crippen molar-refractivity contribution in [2.45, 2.75) is 44.6 Å². The van der Waals surface area contributed by atoms with Crippen molar-refractivity contribution >= 4 is 23.0 Å². The first kappa shape index (κ1) is 21.0. The number of hydrogen-bond donors (Lipinski definition) is 1. The Morgan fingerprint density at radius 3 is 2.53 bits per heavy atom. The third-order valence-corrected chi connectivity index (χ3v) is 6.42. The summed E-state index contributed by atoms with van der Waals surface area (Å²) >= 11 is 0. The number of halogens is 3. The van der Waals surface area contributed by atoms with Crippen molar-refractivity contribution in [1.29, 1.82) is 0 Å². The van der Waals surface area contributed by atoms with Gasteiger partial charge in [0.1, 0.15) is 5.75 Å². The number of benzene rings is 1. The van der Waals surface area contributed by atoms with Crippen LogP contribution >= 0.6 is 0 Å². The van der Waals surface area contributed by atoms with Crippen LogP contribution in [0, 0.1) is 11.8 Å². The van der Waals surface area contributed by atoms with E-state index in [4.69, 9.17) is 4.74 Å². The molecule has 0 spiro atoms. The first-order valence-electron chi connectivity index (χ1n) is 10.8. The van der Waals surface area contributed by atoms with Crippen LogP contribution < -0.4 is 10.1 Å². The average molecular weight is 452 g/mol. The standard InChI is InChI=1S/C21H23F3N4O4/c22-21(23,24)32-14-3-4-17-15(9-14)18(26-28(17)10-12-1-2-12)19(29)31-20(30)25-16-11-27-7-5-13(16)6-8-27/h3-4,9,12-13,16H,1-2,5-8,10-11H2,(H,25,30)/t16-/m1/s1. The molecule has 3 saturated heterocycles. The first-order valence-corrected chi connectivity index (χ1v) is 10.8. The quantitative estimate of drug-likeness (QED) is 0.554. The Balaban J connectivity index is 1.35. The highest BCUT2D eigenvalue weighted by atomic mass is 19.4. The minimum Gasteiger partial charge on any atom is -0.406 e. The predicted octanol–water partition coefficient (Wildman–Crippen LogP) is 3.31. The van der Waals surface area contributed by atoms with Gasteiger partial charge in [-0.1, -0.05) is 0 Å². The SMILES string of the molecule is O=C(N[C@@H]1CN2CCC1CC2)OC(=O)c1nn(CC2CC2)c2ccc(OC(F)(F)F)cc12. The summed E-state index contributed by atoms with van der Waals surface area (Å²) in [6.45, 7) is 3.26. The second-order valence-electron chi connectivity index (χ2n) is 8.77. The second-order valence-corrected chi connectivity index (χ2v) is 8.77. The molecule has 4 aliphatic rings. The number of fused-ring (bicyclic) bond motifs is 4. The number of ether oxygens (including phenoxy) is 2. The van der Waals surface area contributed by atoms with Crippen LogP contribution in [-0.2, 0) is 11.3 Å². The molecule has 6 rings (SSSR count). The fourth-order valence-electron chi connectivity index (χ4n) is 4.63. The molecule has 1 aromatic heterocycles. The van der Waals surface area contributed by atoms with Crippen LogP contribution in [0.4, 0.5) is 18.0 Å². The highest BCUT2D eigenvalue weighted by molar-refractivity contribution is 6.05. The van der Waals surface area contributed by atoms with E-state index in [-0.39, 0.29) is 17.1 Å². The van der Waals surface area contributed by atoms with Crippen LogP contribution in [0.2, 0.25) is 0 Å². The molecular weight excluding hydrogens is 429 g/mol. The smallest absolute Gasteiger partial charge is 0.406 e. The van der Waals surface area contributed by atoms with Gasteiger partial charge in [-0.15, -0.1) is 13.2 Å². The number of carbonyl (C=O) groups is 2. The summed E-state index contributed by atoms with van der Waals surface area (Å²) in [5.41, 5.74) is 0.272. The number of carbonyl (C=O) groups excluding carboxylic acids is 2. The maximum atomic E-state index is 12.7. The van der Waals surface area contributed by atoms with Gasteiger partial charge in [0.15, 0.2) is 5.69 Å². The Hall–Kier alpha value is -2.82. The summed E-state index contributed by atoms with van der Waals surface area (Å²) < 4.78 is 48.5. The lowest BCUT2D eigenvalue weighted by atomic mass is 9.84. The van der Waals surface area contributed by atoms with Gasteiger partial charge in [0.2, 0.25) is 0 Å². The van der Waals surface area contributed by atoms with Gasteiger partial charge in [0.25, 0.3) is 0 Å². The molecular formula is C21H23F3N4O4. The third kappa shape index (κ3) is 4.52. The van der Waals surface area contributed by atoms with Crippen LogP contribution in [0.3, 0.4) is 0 Å². The van der Waals surface area contributed by atoms with E-state index in [1.165, 1.54) is 12.1 Å². The third-order valence-electron chi connectivity index (χ3n) is 6.42. The van der Waals surface area contributed by atoms with Crippen molar-refractivity contribution in [3.63, 3.8) is 0 Å². The molecule has 32 heavy (non-hydrogen) atoms. The van der Waals surface area contributed by atoms with E-state index in [0.29, 0.717) is 30.4 Å². The largest absolute Gasteiger partial charge is 0.573 e. The van der Waals surface area contributed by atoms with Crippen LogP contribution in [0.25, 0.3) is 10.9 Å². The number of aromatic nitrogens is 2. The lowest BCUT2D eigenvalue weighted by Gasteiger charge is -2.44. The van der Waals surface area contributed by atoms with Crippen molar-refractivity contribution in [3.05, 3.63) is 23.9 Å². The summed E-state index contributed by atoms with van der Waals surface area (Å²) in [7, 11) is 0. The van der Waals surface area contributed by atoms with Crippen LogP contribution in [0.5, 0.6) is 5.75 Å². The number of alkyl carbamates (subject to hydrolysis) is 1. The van der Waals surface area contributed by atoms with Crippen LogP contribution in [0.1, 0.15) is 36.2 Å². The van der Waals surface area contributed by atoms with Crippen LogP contribution in [0.15, 0.2) is 18.2 Å². The molecule has 0 radical (unpaired) electrons. The molecule has 2 aromatic rings. The molecule has 8 nitrogen and oxygen atoms in total. The zero-order valence-electron chi connectivity index (χ0n) is 17.2. The van der Waals surface area contributed by atoms with Gasteiger partial charge in [0.05, 0.1) is 5.52 Å². The fraction of sp³-hybridized carbons (Fsp3) is 0.571. The van der Waals surface area contributed by atoms with Crippen molar-refractivity contribution in [3.8, 4) is 5.75 Å². The predicted molar refractivity (Wildman–Crippen MR) is 106 cm³/mol. The molecule has 11 heteroatoms. The van der Waals surface area contributed by atoms with Crippen LogP contribution in [-0.4, -0.2) is 58.8 Å². The maximum Gasteiger partial charge on any atom is 0.573 e. The van der Waals surface area contributed by atoms with Gasteiger partial charge in [-0.25, -0.2) is 9.59 Å². The van der Waals surface area contributed by atoms with Gasteiger partial charge in [-0.05, 0) is 68.8 Å². The molecule has 2 bridgehead atoms. The van der Waals surface area contributed by atoms with Gasteiger partial charge >= 0.3 is 18.4 Å². The summed E-state index contributed by atoms with van der Waals surface area (Å²) in [4.78, 5) is 27.4. The summed E-state index contributed by atoms with van der Waals surface area (Å²) in [6, 6.07) is 3.61. The highest BCUT2D eigenvalue weighted by Gasteiger charge is 2.36. The molecule has 3 aliphatic heterocycles. The van der Waals surface area contributed by atoms with Gasteiger partial charge < -0.3 is 19.7 Å². The Bertz CT molecular complexity index is 1040. The summed E-state index contributed by atoms with van der Waals surface area (Å²) in [5, 5.41) is 7.17. The molecule has 1 amide bonds. The first-order chi connectivity index (χ1) is 15.2. The minimum absolute atomic E-state index is 0.0891. The molecule has 1 aliphatic carbocycles. The Labute approximate surface area is 181 Å². The summed E-state index contributed by atoms with van der Waals surface area (Å²) in [5.74, 6) is -0.717. The number of esters is 1. The fourth-order valence-corrected chi connectivity index (χ4v) is 4.63. The number of rotatable bonds is 5. The average Bonchev–Trinajstić information content (AvgIpc) is 3.47. The Kier molecular flexibility index (Phi) is 5.23. The van der Waals surface area contributed by atoms with E-state index in [2.05, 4.69) is 20.1 Å². The molecule has 4 fully saturated rings. The molecule has 172 valence electrons. The number of nitrogens with one attached hydrogen (secondary N) is 1. The second kappa shape index (κ2) is 7.95. The van der Waals surface area contributed by atoms with Gasteiger partial charge in [-0.3, -0.25) is 4.68 Å². The molecule has 1 N–H and O–H groups in total. The normalized spacial score (nSPS) is 25.0. The van der Waals surface area contributed by atoms with E-state index < -0.39 is 24.2 Å². The number of alkyl halides is 3. The topological polar surface area (TPSA) is 85.7 Å². The van der Waals surface area contributed by atoms with E-state index in [9.17, 15) is 22.8 Å². The Morgan fingerprint density at radius 1 is 1.16 bits per heavy atom. The van der Waals surface area contributed by atoms with Crippen molar-refractivity contribution in [1.82, 2.24) is 20.0 Å². The van der Waals surface area contributed by atoms with E-state index in [1.807, 2.05) is 0 Å². The molecule has 1 saturated carbocycles. The van der Waals surface area contributed by atoms with Gasteiger partial charge in [0, 0.05) is 24.5 Å². The van der Waals surface area contributed by atoms with Crippen molar-refractivity contribution < 1.29 is 32.2 Å². The molecule has 0 unspecified atom stereocenters. The van der Waals surface area contributed by atoms with Crippen molar-refractivity contribution in [2.24, 2.45) is 11.8 Å². The van der Waals surface area contributed by atoms with E-state index in [0.717, 1.165) is 44.8 Å². The van der Waals surface area contributed by atoms with E-state index in [1.54, 1.807) is 4.68 Å². The maximum absolute atomic E-state index is 12.7. The zero-order chi connectivity index (χ0) is 22.5. The Morgan fingerprint density at radius 2 is 1.91 bits per heavy atom. The van der Waals surface area contributed by atoms with Gasteiger partial charge in [-0.2, -0.15) is 5.10 Å². The highest BCUT2D eigenvalue weighted by Crippen LogP contribution is 2.34. The molecule has 1 atom stereocenters. The number of amides is 1. The van der Waals surface area contributed by atoms with Crippen molar-refractivity contribution in [2.75, 3.05) is 19.6 Å². The molecule has 4 heterocycles. The molecule has 1 aromatic carbocycles. The lowest BCUT2D eigenvalue weighted by molar-refractivity contribution is -0.274. The minimum atomic E-state index is -4.87.